The molecule has 0 spiro atoms. The van der Waals surface area contributed by atoms with Crippen LogP contribution in [0.2, 0.25) is 0 Å². The summed E-state index contributed by atoms with van der Waals surface area (Å²) in [6.45, 7) is 9.22. The number of ether oxygens (including phenoxy) is 1. The summed E-state index contributed by atoms with van der Waals surface area (Å²) >= 11 is 0. The SMILES string of the molecule is CCCO[Si](OCCC)(OCCC)C1CCCCO1. The molecule has 0 bridgehead atoms. The summed E-state index contributed by atoms with van der Waals surface area (Å²) < 4.78 is 24.2. The molecule has 4 nitrogen and oxygen atoms in total. The number of hydrogen-bond acceptors (Lipinski definition) is 4. The van der Waals surface area contributed by atoms with Gasteiger partial charge in [-0.1, -0.05) is 20.8 Å². The molecule has 1 fully saturated rings. The molecule has 1 saturated heterocycles. The maximum atomic E-state index is 6.09. The van der Waals surface area contributed by atoms with Gasteiger partial charge in [0.25, 0.3) is 0 Å². The lowest BCUT2D eigenvalue weighted by Gasteiger charge is -2.37. The van der Waals surface area contributed by atoms with Gasteiger partial charge in [-0.15, -0.1) is 0 Å². The smallest absolute Gasteiger partial charge is 0.374 e. The number of rotatable bonds is 10. The highest BCUT2D eigenvalue weighted by atomic mass is 28.4. The van der Waals surface area contributed by atoms with Crippen molar-refractivity contribution in [1.29, 1.82) is 0 Å². The Balaban J connectivity index is 2.73. The highest BCUT2D eigenvalue weighted by Crippen LogP contribution is 2.26. The van der Waals surface area contributed by atoms with E-state index in [1.165, 1.54) is 6.42 Å². The Labute approximate surface area is 119 Å². The van der Waals surface area contributed by atoms with Gasteiger partial charge in [-0.05, 0) is 38.5 Å². The number of hydrogen-bond donors (Lipinski definition) is 0. The molecular weight excluding hydrogens is 260 g/mol. The fraction of sp³-hybridized carbons (Fsp3) is 1.00. The van der Waals surface area contributed by atoms with E-state index in [4.69, 9.17) is 18.0 Å². The average Bonchev–Trinajstić information content (AvgIpc) is 2.48. The highest BCUT2D eigenvalue weighted by molar-refractivity contribution is 6.62. The lowest BCUT2D eigenvalue weighted by atomic mass is 10.2. The molecule has 0 aromatic rings. The van der Waals surface area contributed by atoms with Crippen molar-refractivity contribution in [2.45, 2.75) is 65.0 Å². The molecule has 5 heteroatoms. The maximum Gasteiger partial charge on any atom is 0.531 e. The van der Waals surface area contributed by atoms with E-state index in [0.29, 0.717) is 19.8 Å². The van der Waals surface area contributed by atoms with Crippen LogP contribution in [-0.4, -0.2) is 41.0 Å². The Morgan fingerprint density at radius 2 is 1.42 bits per heavy atom. The fourth-order valence-electron chi connectivity index (χ4n) is 2.16. The summed E-state index contributed by atoms with van der Waals surface area (Å²) in [6.07, 6.45) is 6.25. The van der Waals surface area contributed by atoms with Crippen molar-refractivity contribution in [2.75, 3.05) is 26.4 Å². The van der Waals surface area contributed by atoms with E-state index in [9.17, 15) is 0 Å². The molecule has 1 atom stereocenters. The van der Waals surface area contributed by atoms with Crippen molar-refractivity contribution < 1.29 is 18.0 Å². The molecule has 114 valence electrons. The van der Waals surface area contributed by atoms with Gasteiger partial charge in [0.2, 0.25) is 0 Å². The van der Waals surface area contributed by atoms with E-state index in [2.05, 4.69) is 20.8 Å². The third-order valence-electron chi connectivity index (χ3n) is 3.10. The zero-order chi connectivity index (χ0) is 14.0. The Bertz CT molecular complexity index is 198. The van der Waals surface area contributed by atoms with Crippen LogP contribution in [0.3, 0.4) is 0 Å². The van der Waals surface area contributed by atoms with Crippen molar-refractivity contribution in [2.24, 2.45) is 0 Å². The molecule has 0 aliphatic carbocycles. The van der Waals surface area contributed by atoms with Gasteiger partial charge < -0.3 is 18.0 Å². The first-order valence-electron chi connectivity index (χ1n) is 7.82. The Morgan fingerprint density at radius 3 is 1.79 bits per heavy atom. The van der Waals surface area contributed by atoms with Crippen molar-refractivity contribution in [3.63, 3.8) is 0 Å². The summed E-state index contributed by atoms with van der Waals surface area (Å²) in [6, 6.07) is 0. The Kier molecular flexibility index (Phi) is 8.90. The maximum absolute atomic E-state index is 6.09. The second-order valence-electron chi connectivity index (χ2n) is 5.00. The van der Waals surface area contributed by atoms with Crippen LogP contribution in [0.25, 0.3) is 0 Å². The molecule has 1 aliphatic heterocycles. The van der Waals surface area contributed by atoms with Crippen LogP contribution in [0.4, 0.5) is 0 Å². The lowest BCUT2D eigenvalue weighted by Crippen LogP contribution is -2.58. The zero-order valence-corrected chi connectivity index (χ0v) is 13.8. The van der Waals surface area contributed by atoms with Gasteiger partial charge >= 0.3 is 8.80 Å². The minimum atomic E-state index is -2.68. The van der Waals surface area contributed by atoms with Gasteiger partial charge in [0.05, 0.1) is 0 Å². The van der Waals surface area contributed by atoms with Crippen LogP contribution < -0.4 is 0 Å². The van der Waals surface area contributed by atoms with Gasteiger partial charge in [0, 0.05) is 26.4 Å². The van der Waals surface area contributed by atoms with Gasteiger partial charge in [-0.2, -0.15) is 0 Å². The summed E-state index contributed by atoms with van der Waals surface area (Å²) in [7, 11) is -2.68. The standard InChI is InChI=1S/C14H30O4Si/c1-4-10-16-19(17-11-5-2,18-12-6-3)14-9-7-8-13-15-14/h14H,4-13H2,1-3H3. The zero-order valence-electron chi connectivity index (χ0n) is 12.8. The quantitative estimate of drug-likeness (QED) is 0.578. The van der Waals surface area contributed by atoms with Crippen molar-refractivity contribution in [3.8, 4) is 0 Å². The normalized spacial score (nSPS) is 20.7. The molecule has 19 heavy (non-hydrogen) atoms. The minimum Gasteiger partial charge on any atom is -0.374 e. The van der Waals surface area contributed by atoms with Crippen LogP contribution >= 0.6 is 0 Å². The fourth-order valence-corrected chi connectivity index (χ4v) is 5.31. The molecule has 0 radical (unpaired) electrons. The van der Waals surface area contributed by atoms with Crippen LogP contribution in [-0.2, 0) is 18.0 Å². The summed E-state index contributed by atoms with van der Waals surface area (Å²) in [5.41, 5.74) is 0.0332. The van der Waals surface area contributed by atoms with Crippen molar-refractivity contribution in [1.82, 2.24) is 0 Å². The molecule has 0 aromatic heterocycles. The lowest BCUT2D eigenvalue weighted by molar-refractivity contribution is -0.0326. The Hall–Kier alpha value is 0.0569. The average molecular weight is 290 g/mol. The van der Waals surface area contributed by atoms with E-state index < -0.39 is 8.80 Å². The first-order valence-corrected chi connectivity index (χ1v) is 9.62. The third kappa shape index (κ3) is 5.51. The molecule has 1 rings (SSSR count). The topological polar surface area (TPSA) is 36.9 Å². The van der Waals surface area contributed by atoms with Gasteiger partial charge in [0.1, 0.15) is 5.73 Å². The molecule has 1 heterocycles. The first kappa shape index (κ1) is 17.1. The molecule has 1 unspecified atom stereocenters. The Morgan fingerprint density at radius 1 is 0.895 bits per heavy atom. The highest BCUT2D eigenvalue weighted by Gasteiger charge is 2.51. The molecule has 0 saturated carbocycles. The third-order valence-corrected chi connectivity index (χ3v) is 6.16. The monoisotopic (exact) mass is 290 g/mol. The van der Waals surface area contributed by atoms with Crippen molar-refractivity contribution in [3.05, 3.63) is 0 Å². The summed E-state index contributed by atoms with van der Waals surface area (Å²) in [4.78, 5) is 0. The predicted octanol–water partition coefficient (Wildman–Crippen LogP) is 3.31. The van der Waals surface area contributed by atoms with Crippen LogP contribution in [0, 0.1) is 0 Å². The van der Waals surface area contributed by atoms with Gasteiger partial charge in [-0.25, -0.2) is 0 Å². The van der Waals surface area contributed by atoms with Crippen molar-refractivity contribution >= 4 is 8.80 Å². The summed E-state index contributed by atoms with van der Waals surface area (Å²) in [5, 5.41) is 0. The minimum absolute atomic E-state index is 0.0332. The van der Waals surface area contributed by atoms with E-state index in [1.807, 2.05) is 0 Å². The summed E-state index contributed by atoms with van der Waals surface area (Å²) in [5.74, 6) is 0. The van der Waals surface area contributed by atoms with E-state index in [0.717, 1.165) is 38.7 Å². The van der Waals surface area contributed by atoms with E-state index >= 15 is 0 Å². The second-order valence-corrected chi connectivity index (χ2v) is 7.72. The van der Waals surface area contributed by atoms with Gasteiger partial charge in [-0.3, -0.25) is 0 Å². The van der Waals surface area contributed by atoms with E-state index in [-0.39, 0.29) is 5.73 Å². The molecule has 0 amide bonds. The molecule has 0 N–H and O–H groups in total. The van der Waals surface area contributed by atoms with Gasteiger partial charge in [0.15, 0.2) is 0 Å². The van der Waals surface area contributed by atoms with Crippen LogP contribution in [0.1, 0.15) is 59.3 Å². The molecular formula is C14H30O4Si. The second kappa shape index (κ2) is 9.88. The molecule has 1 aliphatic rings. The largest absolute Gasteiger partial charge is 0.531 e. The van der Waals surface area contributed by atoms with Crippen LogP contribution in [0.15, 0.2) is 0 Å². The molecule has 0 aromatic carbocycles. The predicted molar refractivity (Wildman–Crippen MR) is 78.1 cm³/mol. The van der Waals surface area contributed by atoms with E-state index in [1.54, 1.807) is 0 Å². The first-order chi connectivity index (χ1) is 9.29. The van der Waals surface area contributed by atoms with Crippen LogP contribution in [0.5, 0.6) is 0 Å².